The molecule has 0 unspecified atom stereocenters. The molecule has 3 heteroatoms. The van der Waals surface area contributed by atoms with E-state index in [2.05, 4.69) is 6.92 Å². The Labute approximate surface area is 122 Å². The van der Waals surface area contributed by atoms with Crippen molar-refractivity contribution >= 4 is 5.97 Å². The van der Waals surface area contributed by atoms with Crippen molar-refractivity contribution in [2.75, 3.05) is 7.11 Å². The zero-order valence-corrected chi connectivity index (χ0v) is 13.2. The summed E-state index contributed by atoms with van der Waals surface area (Å²) in [7, 11) is 1.40. The van der Waals surface area contributed by atoms with E-state index in [-0.39, 0.29) is 5.97 Å². The molecule has 0 aliphatic heterocycles. The minimum atomic E-state index is -0.312. The zero-order chi connectivity index (χ0) is 14.8. The summed E-state index contributed by atoms with van der Waals surface area (Å²) in [6, 6.07) is 1.82. The summed E-state index contributed by atoms with van der Waals surface area (Å²) in [5, 5.41) is 0. The van der Waals surface area contributed by atoms with Gasteiger partial charge in [-0.05, 0) is 19.4 Å². The fourth-order valence-corrected chi connectivity index (χ4v) is 2.41. The van der Waals surface area contributed by atoms with Gasteiger partial charge in [0.05, 0.1) is 7.11 Å². The second-order valence-corrected chi connectivity index (χ2v) is 5.40. The molecule has 1 aromatic rings. The molecule has 0 spiro atoms. The third kappa shape index (κ3) is 5.81. The number of hydrogen-bond donors (Lipinski definition) is 0. The van der Waals surface area contributed by atoms with Crippen LogP contribution >= 0.6 is 0 Å². The van der Waals surface area contributed by atoms with Crippen LogP contribution in [-0.2, 0) is 11.2 Å². The monoisotopic (exact) mass is 280 g/mol. The van der Waals surface area contributed by atoms with Gasteiger partial charge in [0, 0.05) is 6.42 Å². The summed E-state index contributed by atoms with van der Waals surface area (Å²) in [6.45, 7) is 4.05. The summed E-state index contributed by atoms with van der Waals surface area (Å²) < 4.78 is 10.3. The van der Waals surface area contributed by atoms with Crippen LogP contribution in [-0.4, -0.2) is 13.1 Å². The first kappa shape index (κ1) is 16.8. The van der Waals surface area contributed by atoms with Crippen LogP contribution in [0, 0.1) is 6.92 Å². The molecule has 0 aliphatic carbocycles. The number of aryl methyl sites for hydroxylation is 2. The quantitative estimate of drug-likeness (QED) is 0.444. The van der Waals surface area contributed by atoms with E-state index in [0.717, 1.165) is 18.6 Å². The van der Waals surface area contributed by atoms with E-state index >= 15 is 0 Å². The van der Waals surface area contributed by atoms with Gasteiger partial charge in [0.2, 0.25) is 0 Å². The number of hydrogen-bond acceptors (Lipinski definition) is 3. The molecule has 114 valence electrons. The van der Waals surface area contributed by atoms with Crippen molar-refractivity contribution in [1.29, 1.82) is 0 Å². The second kappa shape index (κ2) is 9.62. The van der Waals surface area contributed by atoms with Crippen LogP contribution < -0.4 is 0 Å². The number of ether oxygens (including phenoxy) is 1. The molecule has 1 rings (SSSR count). The summed E-state index contributed by atoms with van der Waals surface area (Å²) in [5.74, 6) is 1.24. The fourth-order valence-electron chi connectivity index (χ4n) is 2.41. The summed E-state index contributed by atoms with van der Waals surface area (Å²) in [4.78, 5) is 11.5. The topological polar surface area (TPSA) is 39.4 Å². The van der Waals surface area contributed by atoms with Crippen molar-refractivity contribution in [3.05, 3.63) is 23.2 Å². The SMILES string of the molecule is CCCCCCCCCCc1cc(C(=O)OC)c(C)o1. The van der Waals surface area contributed by atoms with E-state index in [1.165, 1.54) is 52.1 Å². The van der Waals surface area contributed by atoms with Crippen LogP contribution in [0.2, 0.25) is 0 Å². The number of methoxy groups -OCH3 is 1. The molecule has 0 N–H and O–H groups in total. The molecule has 0 aromatic carbocycles. The predicted molar refractivity (Wildman–Crippen MR) is 81.1 cm³/mol. The van der Waals surface area contributed by atoms with Crippen LogP contribution in [0.4, 0.5) is 0 Å². The smallest absolute Gasteiger partial charge is 0.341 e. The van der Waals surface area contributed by atoms with Crippen molar-refractivity contribution in [2.24, 2.45) is 0 Å². The fraction of sp³-hybridized carbons (Fsp3) is 0.706. The maximum Gasteiger partial charge on any atom is 0.341 e. The van der Waals surface area contributed by atoms with E-state index in [1.807, 2.05) is 13.0 Å². The second-order valence-electron chi connectivity index (χ2n) is 5.40. The number of rotatable bonds is 10. The van der Waals surface area contributed by atoms with E-state index in [9.17, 15) is 4.79 Å². The highest BCUT2D eigenvalue weighted by Gasteiger charge is 2.14. The van der Waals surface area contributed by atoms with Gasteiger partial charge in [-0.25, -0.2) is 4.79 Å². The lowest BCUT2D eigenvalue weighted by molar-refractivity contribution is 0.0599. The molecule has 0 saturated heterocycles. The lowest BCUT2D eigenvalue weighted by atomic mass is 10.1. The first-order valence-corrected chi connectivity index (χ1v) is 7.86. The largest absolute Gasteiger partial charge is 0.465 e. The number of unbranched alkanes of at least 4 members (excludes halogenated alkanes) is 7. The van der Waals surface area contributed by atoms with Crippen LogP contribution in [0.15, 0.2) is 10.5 Å². The van der Waals surface area contributed by atoms with Crippen LogP contribution in [0.3, 0.4) is 0 Å². The van der Waals surface area contributed by atoms with Gasteiger partial charge in [-0.15, -0.1) is 0 Å². The Balaban J connectivity index is 2.18. The van der Waals surface area contributed by atoms with Gasteiger partial charge in [-0.1, -0.05) is 51.9 Å². The van der Waals surface area contributed by atoms with Crippen molar-refractivity contribution in [3.8, 4) is 0 Å². The molecular weight excluding hydrogens is 252 g/mol. The Morgan fingerprint density at radius 1 is 1.10 bits per heavy atom. The minimum absolute atomic E-state index is 0.312. The van der Waals surface area contributed by atoms with Gasteiger partial charge in [0.1, 0.15) is 17.1 Å². The molecule has 0 atom stereocenters. The summed E-state index contributed by atoms with van der Waals surface area (Å²) >= 11 is 0. The molecular formula is C17H28O3. The molecule has 0 amide bonds. The van der Waals surface area contributed by atoms with Gasteiger partial charge < -0.3 is 9.15 Å². The predicted octanol–water partition coefficient (Wildman–Crippen LogP) is 5.06. The van der Waals surface area contributed by atoms with Gasteiger partial charge in [0.15, 0.2) is 0 Å². The summed E-state index contributed by atoms with van der Waals surface area (Å²) in [5.41, 5.74) is 0.557. The molecule has 0 bridgehead atoms. The van der Waals surface area contributed by atoms with Crippen molar-refractivity contribution < 1.29 is 13.9 Å². The van der Waals surface area contributed by atoms with Gasteiger partial charge in [-0.3, -0.25) is 0 Å². The molecule has 0 fully saturated rings. The maximum atomic E-state index is 11.5. The van der Waals surface area contributed by atoms with E-state index in [4.69, 9.17) is 9.15 Å². The molecule has 1 heterocycles. The van der Waals surface area contributed by atoms with Gasteiger partial charge in [-0.2, -0.15) is 0 Å². The Morgan fingerprint density at radius 3 is 2.30 bits per heavy atom. The Morgan fingerprint density at radius 2 is 1.70 bits per heavy atom. The van der Waals surface area contributed by atoms with Crippen molar-refractivity contribution in [2.45, 2.75) is 71.6 Å². The van der Waals surface area contributed by atoms with Gasteiger partial charge in [0.25, 0.3) is 0 Å². The lowest BCUT2D eigenvalue weighted by Crippen LogP contribution is -2.00. The van der Waals surface area contributed by atoms with E-state index < -0.39 is 0 Å². The van der Waals surface area contributed by atoms with Crippen molar-refractivity contribution in [1.82, 2.24) is 0 Å². The lowest BCUT2D eigenvalue weighted by Gasteiger charge is -2.00. The highest BCUT2D eigenvalue weighted by atomic mass is 16.5. The number of esters is 1. The zero-order valence-electron chi connectivity index (χ0n) is 13.2. The Kier molecular flexibility index (Phi) is 8.08. The number of carbonyl (C=O) groups excluding carboxylic acids is 1. The average molecular weight is 280 g/mol. The van der Waals surface area contributed by atoms with E-state index in [0.29, 0.717) is 11.3 Å². The minimum Gasteiger partial charge on any atom is -0.465 e. The van der Waals surface area contributed by atoms with E-state index in [1.54, 1.807) is 0 Å². The highest BCUT2D eigenvalue weighted by Crippen LogP contribution is 2.18. The molecule has 0 saturated carbocycles. The third-order valence-corrected chi connectivity index (χ3v) is 3.65. The number of carbonyl (C=O) groups is 1. The maximum absolute atomic E-state index is 11.5. The molecule has 0 aliphatic rings. The number of furan rings is 1. The summed E-state index contributed by atoms with van der Waals surface area (Å²) in [6.07, 6.45) is 11.3. The highest BCUT2D eigenvalue weighted by molar-refractivity contribution is 5.90. The normalized spacial score (nSPS) is 10.8. The average Bonchev–Trinajstić information content (AvgIpc) is 2.82. The first-order chi connectivity index (χ1) is 9.69. The molecule has 1 aromatic heterocycles. The third-order valence-electron chi connectivity index (χ3n) is 3.65. The van der Waals surface area contributed by atoms with Crippen LogP contribution in [0.25, 0.3) is 0 Å². The Bertz CT molecular complexity index is 393. The van der Waals surface area contributed by atoms with Gasteiger partial charge >= 0.3 is 5.97 Å². The first-order valence-electron chi connectivity index (χ1n) is 7.86. The molecule has 0 radical (unpaired) electrons. The van der Waals surface area contributed by atoms with Crippen LogP contribution in [0.5, 0.6) is 0 Å². The van der Waals surface area contributed by atoms with Crippen molar-refractivity contribution in [3.63, 3.8) is 0 Å². The van der Waals surface area contributed by atoms with Crippen LogP contribution in [0.1, 0.15) is 80.2 Å². The standard InChI is InChI=1S/C17H28O3/c1-4-5-6-7-8-9-10-11-12-15-13-16(14(2)20-15)17(18)19-3/h13H,4-12H2,1-3H3. The Hall–Kier alpha value is -1.25. The molecule has 20 heavy (non-hydrogen) atoms. The molecule has 3 nitrogen and oxygen atoms in total.